The van der Waals surface area contributed by atoms with Crippen molar-refractivity contribution < 1.29 is 0 Å². The summed E-state index contributed by atoms with van der Waals surface area (Å²) in [4.78, 5) is 0. The van der Waals surface area contributed by atoms with Crippen LogP contribution in [0.2, 0.25) is 0 Å². The van der Waals surface area contributed by atoms with Crippen LogP contribution in [0, 0.1) is 0 Å². The van der Waals surface area contributed by atoms with E-state index in [2.05, 4.69) is 0 Å². The third-order valence-electron chi connectivity index (χ3n) is 0.622. The molecule has 0 bridgehead atoms. The molecule has 0 spiro atoms. The van der Waals surface area contributed by atoms with Gasteiger partial charge in [-0.3, -0.25) is 0 Å². The molecule has 0 aliphatic heterocycles. The Labute approximate surface area is 58.0 Å². The zero-order valence-electron chi connectivity index (χ0n) is 4.55. The van der Waals surface area contributed by atoms with E-state index >= 15 is 0 Å². The van der Waals surface area contributed by atoms with Gasteiger partial charge in [-0.1, -0.05) is 7.43 Å². The van der Waals surface area contributed by atoms with Crippen LogP contribution in [-0.4, -0.2) is 12.6 Å². The van der Waals surface area contributed by atoms with Crippen LogP contribution < -0.4 is 11.5 Å². The second kappa shape index (κ2) is 10.2. The van der Waals surface area contributed by atoms with Gasteiger partial charge >= 0.3 is 0 Å². The van der Waals surface area contributed by atoms with E-state index < -0.39 is 0 Å². The highest BCUT2D eigenvalue weighted by Crippen LogP contribution is 1.77. The maximum Gasteiger partial charge on any atom is 0.00224 e. The van der Waals surface area contributed by atoms with E-state index in [-0.39, 0.29) is 25.9 Å². The lowest BCUT2D eigenvalue weighted by Gasteiger charge is -1.96. The van der Waals surface area contributed by atoms with Crippen molar-refractivity contribution in [2.75, 3.05) is 6.54 Å². The minimum Gasteiger partial charge on any atom is -0.330 e. The van der Waals surface area contributed by atoms with Crippen molar-refractivity contribution in [2.24, 2.45) is 11.5 Å². The standard InChI is InChI=1S/C4H12N2.CH4.ClH/c1-4(6)2-3-5;;/h4H,2-3,5-6H2,1H3;1H4;1H. The smallest absolute Gasteiger partial charge is 0.00224 e. The molecule has 0 aromatic rings. The third kappa shape index (κ3) is 16.4. The molecule has 0 amide bonds. The Bertz CT molecular complexity index is 31.6. The molecule has 0 fully saturated rings. The Morgan fingerprint density at radius 3 is 1.88 bits per heavy atom. The molecule has 4 N–H and O–H groups in total. The fourth-order valence-electron chi connectivity index (χ4n) is 0.263. The summed E-state index contributed by atoms with van der Waals surface area (Å²) in [6.45, 7) is 2.66. The van der Waals surface area contributed by atoms with Gasteiger partial charge in [-0.2, -0.15) is 0 Å². The summed E-state index contributed by atoms with van der Waals surface area (Å²) >= 11 is 0. The molecule has 0 saturated carbocycles. The molecule has 0 heterocycles. The van der Waals surface area contributed by atoms with Crippen LogP contribution >= 0.6 is 12.4 Å². The van der Waals surface area contributed by atoms with E-state index in [0.717, 1.165) is 6.42 Å². The first-order valence-electron chi connectivity index (χ1n) is 2.23. The lowest BCUT2D eigenvalue weighted by molar-refractivity contribution is 0.676. The molecule has 1 atom stereocenters. The molecule has 8 heavy (non-hydrogen) atoms. The molecule has 0 radical (unpaired) electrons. The largest absolute Gasteiger partial charge is 0.330 e. The van der Waals surface area contributed by atoms with Crippen LogP contribution in [0.4, 0.5) is 0 Å². The van der Waals surface area contributed by atoms with Crippen LogP contribution in [0.15, 0.2) is 0 Å². The molecule has 0 aliphatic carbocycles. The third-order valence-corrected chi connectivity index (χ3v) is 0.622. The quantitative estimate of drug-likeness (QED) is 0.595. The lowest BCUT2D eigenvalue weighted by Crippen LogP contribution is -2.18. The minimum absolute atomic E-state index is 0. The number of hydrogen-bond donors (Lipinski definition) is 2. The molecule has 0 aromatic heterocycles. The number of nitrogens with two attached hydrogens (primary N) is 2. The molecule has 0 rings (SSSR count). The molecule has 0 aliphatic rings. The van der Waals surface area contributed by atoms with Gasteiger partial charge in [0.25, 0.3) is 0 Å². The summed E-state index contributed by atoms with van der Waals surface area (Å²) in [6, 6.07) is 0.273. The van der Waals surface area contributed by atoms with Crippen LogP contribution in [0.5, 0.6) is 0 Å². The topological polar surface area (TPSA) is 52.0 Å². The summed E-state index contributed by atoms with van der Waals surface area (Å²) in [5.74, 6) is 0. The van der Waals surface area contributed by atoms with Crippen molar-refractivity contribution in [1.29, 1.82) is 0 Å². The fourth-order valence-corrected chi connectivity index (χ4v) is 0.263. The summed E-state index contributed by atoms with van der Waals surface area (Å²) in [6.07, 6.45) is 0.931. The van der Waals surface area contributed by atoms with Gasteiger partial charge in [0.15, 0.2) is 0 Å². The van der Waals surface area contributed by atoms with Crippen LogP contribution in [0.25, 0.3) is 0 Å². The number of rotatable bonds is 2. The molecule has 54 valence electrons. The van der Waals surface area contributed by atoms with Crippen LogP contribution in [-0.2, 0) is 0 Å². The van der Waals surface area contributed by atoms with E-state index in [1.54, 1.807) is 0 Å². The van der Waals surface area contributed by atoms with Crippen molar-refractivity contribution in [1.82, 2.24) is 0 Å². The van der Waals surface area contributed by atoms with Gasteiger partial charge in [-0.05, 0) is 19.9 Å². The fraction of sp³-hybridized carbons (Fsp3) is 1.00. The Morgan fingerprint density at radius 2 is 1.88 bits per heavy atom. The van der Waals surface area contributed by atoms with E-state index in [1.165, 1.54) is 0 Å². The maximum atomic E-state index is 5.32. The maximum absolute atomic E-state index is 5.32. The average molecular weight is 141 g/mol. The highest BCUT2D eigenvalue weighted by Gasteiger charge is 1.85. The van der Waals surface area contributed by atoms with Gasteiger partial charge < -0.3 is 11.5 Å². The zero-order chi connectivity index (χ0) is 4.99. The molecular formula is C5H17ClN2. The summed E-state index contributed by atoms with van der Waals surface area (Å²) < 4.78 is 0. The first-order chi connectivity index (χ1) is 2.77. The van der Waals surface area contributed by atoms with E-state index in [0.29, 0.717) is 6.54 Å². The molecule has 3 heteroatoms. The monoisotopic (exact) mass is 140 g/mol. The summed E-state index contributed by atoms with van der Waals surface area (Å²) in [5, 5.41) is 0. The van der Waals surface area contributed by atoms with Crippen molar-refractivity contribution in [2.45, 2.75) is 26.8 Å². The van der Waals surface area contributed by atoms with Crippen LogP contribution in [0.3, 0.4) is 0 Å². The lowest BCUT2D eigenvalue weighted by atomic mass is 10.3. The predicted molar refractivity (Wildman–Crippen MR) is 41.3 cm³/mol. The number of halogens is 1. The van der Waals surface area contributed by atoms with E-state index in [4.69, 9.17) is 11.5 Å². The van der Waals surface area contributed by atoms with Gasteiger partial charge in [0.1, 0.15) is 0 Å². The Balaban J connectivity index is -0.000000125. The second-order valence-electron chi connectivity index (χ2n) is 1.55. The molecule has 0 aromatic carbocycles. The SMILES string of the molecule is C.CC(N)CCN.Cl. The van der Waals surface area contributed by atoms with Gasteiger partial charge in [0.2, 0.25) is 0 Å². The average Bonchev–Trinajstić information content (AvgIpc) is 1.35. The zero-order valence-corrected chi connectivity index (χ0v) is 5.37. The first-order valence-corrected chi connectivity index (χ1v) is 2.23. The van der Waals surface area contributed by atoms with Crippen molar-refractivity contribution in [3.63, 3.8) is 0 Å². The van der Waals surface area contributed by atoms with E-state index in [9.17, 15) is 0 Å². The molecule has 2 nitrogen and oxygen atoms in total. The predicted octanol–water partition coefficient (Wildman–Crippen LogP) is 0.740. The van der Waals surface area contributed by atoms with Crippen LogP contribution in [0.1, 0.15) is 20.8 Å². The van der Waals surface area contributed by atoms with E-state index in [1.807, 2.05) is 6.92 Å². The van der Waals surface area contributed by atoms with Crippen molar-refractivity contribution in [3.8, 4) is 0 Å². The molecular weight excluding hydrogens is 124 g/mol. The van der Waals surface area contributed by atoms with Gasteiger partial charge in [0.05, 0.1) is 0 Å². The first kappa shape index (κ1) is 15.7. The second-order valence-corrected chi connectivity index (χ2v) is 1.55. The summed E-state index contributed by atoms with van der Waals surface area (Å²) in [7, 11) is 0. The van der Waals surface area contributed by atoms with Crippen molar-refractivity contribution >= 4 is 12.4 Å². The van der Waals surface area contributed by atoms with Gasteiger partial charge in [-0.15, -0.1) is 12.4 Å². The Morgan fingerprint density at radius 1 is 1.50 bits per heavy atom. The van der Waals surface area contributed by atoms with Gasteiger partial charge in [-0.25, -0.2) is 0 Å². The summed E-state index contributed by atoms with van der Waals surface area (Å²) in [5.41, 5.74) is 10.5. The molecule has 0 saturated heterocycles. The highest BCUT2D eigenvalue weighted by atomic mass is 35.5. The molecule has 1 unspecified atom stereocenters. The Hall–Kier alpha value is 0.210. The highest BCUT2D eigenvalue weighted by molar-refractivity contribution is 5.85. The van der Waals surface area contributed by atoms with Crippen molar-refractivity contribution in [3.05, 3.63) is 0 Å². The Kier molecular flexibility index (Phi) is 20.1. The number of hydrogen-bond acceptors (Lipinski definition) is 2. The van der Waals surface area contributed by atoms with Gasteiger partial charge in [0, 0.05) is 6.04 Å². The minimum atomic E-state index is 0. The normalized spacial score (nSPS) is 10.9.